The summed E-state index contributed by atoms with van der Waals surface area (Å²) in [4.78, 5) is 4.37. The van der Waals surface area contributed by atoms with E-state index in [4.69, 9.17) is 11.0 Å². The molecule has 1 atom stereocenters. The number of hydrogen-bond acceptors (Lipinski definition) is 3. The van der Waals surface area contributed by atoms with Gasteiger partial charge in [0.2, 0.25) is 5.95 Å². The number of imidazole rings is 1. The molecule has 1 heterocycles. The van der Waals surface area contributed by atoms with E-state index in [0.29, 0.717) is 17.6 Å². The number of benzene rings is 1. The van der Waals surface area contributed by atoms with E-state index in [1.165, 1.54) is 12.8 Å². The highest BCUT2D eigenvalue weighted by atomic mass is 15.2. The van der Waals surface area contributed by atoms with Gasteiger partial charge in [-0.3, -0.25) is 0 Å². The van der Waals surface area contributed by atoms with Gasteiger partial charge in [-0.15, -0.1) is 0 Å². The molecule has 1 saturated carbocycles. The molecule has 4 heteroatoms. The van der Waals surface area contributed by atoms with Crippen LogP contribution in [0.5, 0.6) is 0 Å². The van der Waals surface area contributed by atoms with Crippen molar-refractivity contribution < 1.29 is 0 Å². The second-order valence-electron chi connectivity index (χ2n) is 5.18. The molecule has 0 saturated heterocycles. The number of anilines is 1. The van der Waals surface area contributed by atoms with Gasteiger partial charge in [0.15, 0.2) is 0 Å². The van der Waals surface area contributed by atoms with Crippen LogP contribution in [0.15, 0.2) is 18.2 Å². The predicted octanol–water partition coefficient (Wildman–Crippen LogP) is 2.85. The van der Waals surface area contributed by atoms with Crippen molar-refractivity contribution in [3.63, 3.8) is 0 Å². The average molecular weight is 240 g/mol. The maximum atomic E-state index is 8.98. The summed E-state index contributed by atoms with van der Waals surface area (Å²) in [7, 11) is 0. The summed E-state index contributed by atoms with van der Waals surface area (Å²) in [6.45, 7) is 2.18. The average Bonchev–Trinajstić information content (AvgIpc) is 3.08. The van der Waals surface area contributed by atoms with Gasteiger partial charge in [0, 0.05) is 6.04 Å². The fourth-order valence-electron chi connectivity index (χ4n) is 2.59. The topological polar surface area (TPSA) is 67.6 Å². The summed E-state index contributed by atoms with van der Waals surface area (Å²) in [5, 5.41) is 8.98. The third kappa shape index (κ3) is 1.82. The van der Waals surface area contributed by atoms with Crippen LogP contribution in [0.3, 0.4) is 0 Å². The predicted molar refractivity (Wildman–Crippen MR) is 70.9 cm³/mol. The van der Waals surface area contributed by atoms with Crippen LogP contribution in [0, 0.1) is 17.2 Å². The zero-order valence-corrected chi connectivity index (χ0v) is 10.4. The Morgan fingerprint density at radius 2 is 2.33 bits per heavy atom. The summed E-state index contributed by atoms with van der Waals surface area (Å²) in [6.07, 6.45) is 3.81. The molecular formula is C14H16N4. The maximum absolute atomic E-state index is 8.98. The Labute approximate surface area is 106 Å². The van der Waals surface area contributed by atoms with Gasteiger partial charge in [0.05, 0.1) is 22.7 Å². The van der Waals surface area contributed by atoms with Crippen LogP contribution in [0.2, 0.25) is 0 Å². The van der Waals surface area contributed by atoms with Crippen molar-refractivity contribution in [3.05, 3.63) is 23.8 Å². The van der Waals surface area contributed by atoms with E-state index in [1.807, 2.05) is 12.1 Å². The van der Waals surface area contributed by atoms with E-state index in [9.17, 15) is 0 Å². The van der Waals surface area contributed by atoms with Crippen molar-refractivity contribution in [2.75, 3.05) is 5.73 Å². The van der Waals surface area contributed by atoms with Crippen molar-refractivity contribution in [1.82, 2.24) is 9.55 Å². The molecule has 1 aliphatic carbocycles. The Bertz CT molecular complexity index is 631. The van der Waals surface area contributed by atoms with Gasteiger partial charge in [-0.05, 0) is 37.5 Å². The van der Waals surface area contributed by atoms with Gasteiger partial charge in [0.25, 0.3) is 0 Å². The minimum atomic E-state index is 0.344. The van der Waals surface area contributed by atoms with E-state index in [1.54, 1.807) is 6.07 Å². The summed E-state index contributed by atoms with van der Waals surface area (Å²) < 4.78 is 2.06. The molecule has 1 unspecified atom stereocenters. The minimum Gasteiger partial charge on any atom is -0.369 e. The number of nitriles is 1. The number of aromatic nitrogens is 2. The van der Waals surface area contributed by atoms with Crippen LogP contribution in [0.4, 0.5) is 5.95 Å². The molecule has 1 aliphatic rings. The third-order valence-corrected chi connectivity index (χ3v) is 3.66. The molecule has 0 amide bonds. The summed E-state index contributed by atoms with van der Waals surface area (Å²) in [5.41, 5.74) is 8.51. The molecule has 0 bridgehead atoms. The van der Waals surface area contributed by atoms with Crippen LogP contribution in [-0.4, -0.2) is 9.55 Å². The zero-order valence-electron chi connectivity index (χ0n) is 10.4. The van der Waals surface area contributed by atoms with E-state index in [0.717, 1.165) is 23.4 Å². The summed E-state index contributed by atoms with van der Waals surface area (Å²) in [5.74, 6) is 1.39. The SMILES string of the molecule is CC(CC1CC1)n1c(N)nc2ccc(C#N)cc21. The quantitative estimate of drug-likeness (QED) is 0.897. The Morgan fingerprint density at radius 3 is 3.00 bits per heavy atom. The fourth-order valence-corrected chi connectivity index (χ4v) is 2.59. The normalized spacial score (nSPS) is 16.7. The smallest absolute Gasteiger partial charge is 0.201 e. The number of fused-ring (bicyclic) bond motifs is 1. The van der Waals surface area contributed by atoms with E-state index < -0.39 is 0 Å². The Morgan fingerprint density at radius 1 is 1.56 bits per heavy atom. The molecule has 0 radical (unpaired) electrons. The van der Waals surface area contributed by atoms with Crippen LogP contribution in [-0.2, 0) is 0 Å². The van der Waals surface area contributed by atoms with Crippen LogP contribution in [0.25, 0.3) is 11.0 Å². The van der Waals surface area contributed by atoms with Crippen molar-refractivity contribution in [1.29, 1.82) is 5.26 Å². The van der Waals surface area contributed by atoms with Crippen molar-refractivity contribution >= 4 is 17.0 Å². The first-order chi connectivity index (χ1) is 8.69. The second kappa shape index (κ2) is 4.02. The van der Waals surface area contributed by atoms with Gasteiger partial charge in [0.1, 0.15) is 0 Å². The van der Waals surface area contributed by atoms with Crippen molar-refractivity contribution in [2.24, 2.45) is 5.92 Å². The van der Waals surface area contributed by atoms with Gasteiger partial charge >= 0.3 is 0 Å². The number of nitrogens with two attached hydrogens (primary N) is 1. The van der Waals surface area contributed by atoms with E-state index in [-0.39, 0.29) is 0 Å². The van der Waals surface area contributed by atoms with Gasteiger partial charge in [-0.25, -0.2) is 4.98 Å². The minimum absolute atomic E-state index is 0.344. The highest BCUT2D eigenvalue weighted by Gasteiger charge is 2.25. The first kappa shape index (κ1) is 11.1. The summed E-state index contributed by atoms with van der Waals surface area (Å²) in [6, 6.07) is 8.03. The Balaban J connectivity index is 2.07. The van der Waals surface area contributed by atoms with Crippen molar-refractivity contribution in [2.45, 2.75) is 32.2 Å². The first-order valence-corrected chi connectivity index (χ1v) is 6.36. The fraction of sp³-hybridized carbons (Fsp3) is 0.429. The molecule has 92 valence electrons. The highest BCUT2D eigenvalue weighted by Crippen LogP contribution is 2.38. The Kier molecular flexibility index (Phi) is 2.48. The molecule has 1 aromatic heterocycles. The van der Waals surface area contributed by atoms with Gasteiger partial charge in [-0.1, -0.05) is 12.8 Å². The van der Waals surface area contributed by atoms with Gasteiger partial charge in [-0.2, -0.15) is 5.26 Å². The highest BCUT2D eigenvalue weighted by molar-refractivity contribution is 5.80. The lowest BCUT2D eigenvalue weighted by Gasteiger charge is -2.15. The molecule has 3 rings (SSSR count). The maximum Gasteiger partial charge on any atom is 0.201 e. The second-order valence-corrected chi connectivity index (χ2v) is 5.18. The van der Waals surface area contributed by atoms with Gasteiger partial charge < -0.3 is 10.3 Å². The lowest BCUT2D eigenvalue weighted by Crippen LogP contribution is -2.09. The number of hydrogen-bond donors (Lipinski definition) is 1. The third-order valence-electron chi connectivity index (χ3n) is 3.66. The van der Waals surface area contributed by atoms with Crippen LogP contribution < -0.4 is 5.73 Å². The molecule has 1 aromatic carbocycles. The largest absolute Gasteiger partial charge is 0.369 e. The first-order valence-electron chi connectivity index (χ1n) is 6.36. The lowest BCUT2D eigenvalue weighted by atomic mass is 10.1. The number of nitrogen functional groups attached to an aromatic ring is 1. The molecule has 0 aliphatic heterocycles. The molecular weight excluding hydrogens is 224 g/mol. The lowest BCUT2D eigenvalue weighted by molar-refractivity contribution is 0.492. The van der Waals surface area contributed by atoms with Crippen molar-refractivity contribution in [3.8, 4) is 6.07 Å². The molecule has 18 heavy (non-hydrogen) atoms. The Hall–Kier alpha value is -2.02. The molecule has 2 N–H and O–H groups in total. The standard InChI is InChI=1S/C14H16N4/c1-9(6-10-2-3-10)18-13-7-11(8-15)4-5-12(13)17-14(18)16/h4-5,7,9-10H,2-3,6H2,1H3,(H2,16,17). The van der Waals surface area contributed by atoms with E-state index in [2.05, 4.69) is 22.5 Å². The molecule has 4 nitrogen and oxygen atoms in total. The molecule has 1 fully saturated rings. The monoisotopic (exact) mass is 240 g/mol. The molecule has 2 aromatic rings. The van der Waals surface area contributed by atoms with E-state index >= 15 is 0 Å². The zero-order chi connectivity index (χ0) is 12.7. The number of nitrogens with zero attached hydrogens (tertiary/aromatic N) is 3. The van der Waals surface area contributed by atoms with Crippen LogP contribution >= 0.6 is 0 Å². The van der Waals surface area contributed by atoms with Crippen LogP contribution in [0.1, 0.15) is 37.8 Å². The summed E-state index contributed by atoms with van der Waals surface area (Å²) >= 11 is 0. The number of rotatable bonds is 3. The molecule has 0 spiro atoms.